The first kappa shape index (κ1) is 12.4. The third-order valence-corrected chi connectivity index (χ3v) is 3.34. The van der Waals surface area contributed by atoms with Gasteiger partial charge in [-0.3, -0.25) is 10.1 Å². The lowest BCUT2D eigenvalue weighted by molar-refractivity contribution is 0.102. The number of tetrazole rings is 1. The Morgan fingerprint density at radius 2 is 2.30 bits per heavy atom. The van der Waals surface area contributed by atoms with Gasteiger partial charge in [0.2, 0.25) is 0 Å². The molecule has 0 unspecified atom stereocenters. The number of carbonyl (C=O) groups is 1. The minimum absolute atomic E-state index is 0.211. The summed E-state index contributed by atoms with van der Waals surface area (Å²) in [4.78, 5) is 16.1. The lowest BCUT2D eigenvalue weighted by Crippen LogP contribution is -2.11. The minimum Gasteiger partial charge on any atom is -0.298 e. The van der Waals surface area contributed by atoms with E-state index in [4.69, 9.17) is 0 Å². The molecular weight excluding hydrogens is 276 g/mol. The van der Waals surface area contributed by atoms with E-state index < -0.39 is 0 Å². The number of anilines is 1. The standard InChI is InChI=1S/C12H10N6OS/c1-18-10(15-16-17-18)8-3-2-4-9(7-8)11(19)14-12-13-5-6-20-12/h2-7H,1H3,(H,13,14,19). The van der Waals surface area contributed by atoms with E-state index in [1.807, 2.05) is 6.07 Å². The first-order valence-corrected chi connectivity index (χ1v) is 6.65. The molecule has 0 saturated heterocycles. The van der Waals surface area contributed by atoms with Crippen molar-refractivity contribution in [2.75, 3.05) is 5.32 Å². The number of aryl methyl sites for hydroxylation is 1. The molecule has 1 aromatic carbocycles. The van der Waals surface area contributed by atoms with E-state index >= 15 is 0 Å². The van der Waals surface area contributed by atoms with Gasteiger partial charge in [-0.25, -0.2) is 9.67 Å². The van der Waals surface area contributed by atoms with Gasteiger partial charge in [-0.1, -0.05) is 12.1 Å². The lowest BCUT2D eigenvalue weighted by Gasteiger charge is -2.04. The predicted octanol–water partition coefficient (Wildman–Crippen LogP) is 1.59. The lowest BCUT2D eigenvalue weighted by atomic mass is 10.1. The third-order valence-electron chi connectivity index (χ3n) is 2.66. The average Bonchev–Trinajstić information content (AvgIpc) is 3.10. The highest BCUT2D eigenvalue weighted by Crippen LogP contribution is 2.18. The summed E-state index contributed by atoms with van der Waals surface area (Å²) in [6, 6.07) is 7.12. The van der Waals surface area contributed by atoms with Gasteiger partial charge in [0, 0.05) is 29.8 Å². The second-order valence-corrected chi connectivity index (χ2v) is 4.89. The van der Waals surface area contributed by atoms with Crippen molar-refractivity contribution in [3.05, 3.63) is 41.4 Å². The Labute approximate surface area is 118 Å². The molecule has 3 rings (SSSR count). The SMILES string of the molecule is Cn1nnnc1-c1cccc(C(=O)Nc2nccs2)c1. The van der Waals surface area contributed by atoms with Crippen LogP contribution in [0.3, 0.4) is 0 Å². The van der Waals surface area contributed by atoms with Crippen LogP contribution in [-0.2, 0) is 7.05 Å². The molecule has 0 spiro atoms. The molecule has 0 fully saturated rings. The Morgan fingerprint density at radius 3 is 3.00 bits per heavy atom. The Bertz CT molecular complexity index is 736. The van der Waals surface area contributed by atoms with Crippen LogP contribution in [0.4, 0.5) is 5.13 Å². The number of aromatic nitrogens is 5. The van der Waals surface area contributed by atoms with Crippen LogP contribution >= 0.6 is 11.3 Å². The monoisotopic (exact) mass is 286 g/mol. The zero-order valence-corrected chi connectivity index (χ0v) is 11.3. The van der Waals surface area contributed by atoms with Gasteiger partial charge in [0.05, 0.1) is 0 Å². The van der Waals surface area contributed by atoms with Crippen molar-refractivity contribution in [3.8, 4) is 11.4 Å². The molecule has 0 radical (unpaired) electrons. The van der Waals surface area contributed by atoms with Crippen molar-refractivity contribution < 1.29 is 4.79 Å². The fourth-order valence-electron chi connectivity index (χ4n) is 1.73. The van der Waals surface area contributed by atoms with Gasteiger partial charge >= 0.3 is 0 Å². The summed E-state index contributed by atoms with van der Waals surface area (Å²) < 4.78 is 1.55. The van der Waals surface area contributed by atoms with Gasteiger partial charge in [-0.05, 0) is 22.6 Å². The Morgan fingerprint density at radius 1 is 1.40 bits per heavy atom. The maximum Gasteiger partial charge on any atom is 0.257 e. The highest BCUT2D eigenvalue weighted by atomic mass is 32.1. The van der Waals surface area contributed by atoms with Crippen LogP contribution in [0.1, 0.15) is 10.4 Å². The maximum absolute atomic E-state index is 12.1. The molecule has 7 nitrogen and oxygen atoms in total. The first-order chi connectivity index (χ1) is 9.74. The fraction of sp³-hybridized carbons (Fsp3) is 0.0833. The number of hydrogen-bond donors (Lipinski definition) is 1. The normalized spacial score (nSPS) is 10.4. The van der Waals surface area contributed by atoms with Crippen molar-refractivity contribution in [2.45, 2.75) is 0 Å². The Hall–Kier alpha value is -2.61. The van der Waals surface area contributed by atoms with Gasteiger partial charge in [0.1, 0.15) is 0 Å². The largest absolute Gasteiger partial charge is 0.298 e. The molecule has 0 aliphatic rings. The number of carbonyl (C=O) groups excluding carboxylic acids is 1. The summed E-state index contributed by atoms with van der Waals surface area (Å²) in [7, 11) is 1.75. The van der Waals surface area contributed by atoms with E-state index in [2.05, 4.69) is 25.8 Å². The second kappa shape index (κ2) is 5.17. The summed E-state index contributed by atoms with van der Waals surface area (Å²) in [5, 5.41) is 16.4. The molecule has 0 atom stereocenters. The molecule has 2 heterocycles. The molecule has 0 aliphatic carbocycles. The highest BCUT2D eigenvalue weighted by Gasteiger charge is 2.11. The van der Waals surface area contributed by atoms with E-state index in [0.717, 1.165) is 5.56 Å². The van der Waals surface area contributed by atoms with Crippen molar-refractivity contribution in [1.29, 1.82) is 0 Å². The van der Waals surface area contributed by atoms with E-state index in [1.54, 1.807) is 41.5 Å². The average molecular weight is 286 g/mol. The van der Waals surface area contributed by atoms with Crippen molar-refractivity contribution >= 4 is 22.4 Å². The van der Waals surface area contributed by atoms with Gasteiger partial charge in [-0.2, -0.15) is 0 Å². The van der Waals surface area contributed by atoms with E-state index in [-0.39, 0.29) is 5.91 Å². The van der Waals surface area contributed by atoms with Gasteiger partial charge in [0.15, 0.2) is 11.0 Å². The zero-order chi connectivity index (χ0) is 13.9. The summed E-state index contributed by atoms with van der Waals surface area (Å²) in [5.41, 5.74) is 1.31. The van der Waals surface area contributed by atoms with Crippen LogP contribution in [-0.4, -0.2) is 31.1 Å². The molecule has 8 heteroatoms. The number of rotatable bonds is 3. The van der Waals surface area contributed by atoms with E-state index in [9.17, 15) is 4.79 Å². The van der Waals surface area contributed by atoms with Gasteiger partial charge < -0.3 is 0 Å². The predicted molar refractivity (Wildman–Crippen MR) is 74.3 cm³/mol. The second-order valence-electron chi connectivity index (χ2n) is 4.00. The molecule has 0 bridgehead atoms. The molecule has 1 N–H and O–H groups in total. The van der Waals surface area contributed by atoms with Crippen LogP contribution < -0.4 is 5.32 Å². The number of benzene rings is 1. The smallest absolute Gasteiger partial charge is 0.257 e. The van der Waals surface area contributed by atoms with Crippen LogP contribution in [0, 0.1) is 0 Å². The number of hydrogen-bond acceptors (Lipinski definition) is 6. The number of amides is 1. The molecule has 2 aromatic heterocycles. The summed E-state index contributed by atoms with van der Waals surface area (Å²) >= 11 is 1.37. The number of thiazole rings is 1. The van der Waals surface area contributed by atoms with E-state index in [0.29, 0.717) is 16.5 Å². The third kappa shape index (κ3) is 2.41. The molecule has 100 valence electrons. The molecule has 20 heavy (non-hydrogen) atoms. The highest BCUT2D eigenvalue weighted by molar-refractivity contribution is 7.13. The summed E-state index contributed by atoms with van der Waals surface area (Å²) in [6.45, 7) is 0. The van der Waals surface area contributed by atoms with Crippen molar-refractivity contribution in [1.82, 2.24) is 25.2 Å². The number of nitrogens with zero attached hydrogens (tertiary/aromatic N) is 5. The first-order valence-electron chi connectivity index (χ1n) is 5.77. The quantitative estimate of drug-likeness (QED) is 0.790. The van der Waals surface area contributed by atoms with Crippen LogP contribution in [0.2, 0.25) is 0 Å². The molecular formula is C12H10N6OS. The topological polar surface area (TPSA) is 85.6 Å². The molecule has 0 saturated carbocycles. The fourth-order valence-corrected chi connectivity index (χ4v) is 2.25. The Balaban J connectivity index is 1.88. The maximum atomic E-state index is 12.1. The zero-order valence-electron chi connectivity index (χ0n) is 10.5. The molecule has 1 amide bonds. The van der Waals surface area contributed by atoms with E-state index in [1.165, 1.54) is 11.3 Å². The van der Waals surface area contributed by atoms with Gasteiger partial charge in [-0.15, -0.1) is 16.4 Å². The summed E-state index contributed by atoms with van der Waals surface area (Å²) in [5.74, 6) is 0.394. The summed E-state index contributed by atoms with van der Waals surface area (Å²) in [6.07, 6.45) is 1.64. The van der Waals surface area contributed by atoms with Crippen LogP contribution in [0.15, 0.2) is 35.8 Å². The number of nitrogens with one attached hydrogen (secondary N) is 1. The molecule has 3 aromatic rings. The van der Waals surface area contributed by atoms with Crippen LogP contribution in [0.25, 0.3) is 11.4 Å². The minimum atomic E-state index is -0.211. The van der Waals surface area contributed by atoms with Crippen molar-refractivity contribution in [2.24, 2.45) is 7.05 Å². The van der Waals surface area contributed by atoms with Crippen molar-refractivity contribution in [3.63, 3.8) is 0 Å². The van der Waals surface area contributed by atoms with Crippen LogP contribution in [0.5, 0.6) is 0 Å². The Kier molecular flexibility index (Phi) is 3.21. The molecule has 0 aliphatic heterocycles. The van der Waals surface area contributed by atoms with Gasteiger partial charge in [0.25, 0.3) is 5.91 Å².